The molecule has 0 bridgehead atoms. The van der Waals surface area contributed by atoms with Crippen LogP contribution >= 0.6 is 23.5 Å². The summed E-state index contributed by atoms with van der Waals surface area (Å²) < 4.78 is 0.576. The molecule has 0 aromatic heterocycles. The molecule has 2 fully saturated rings. The molecule has 0 aromatic rings. The van der Waals surface area contributed by atoms with Gasteiger partial charge in [-0.15, -0.1) is 23.5 Å². The van der Waals surface area contributed by atoms with E-state index in [1.165, 1.54) is 50.0 Å². The van der Waals surface area contributed by atoms with Crippen molar-refractivity contribution >= 4 is 23.5 Å². The molecule has 1 saturated heterocycles. The highest BCUT2D eigenvalue weighted by atomic mass is 32.2. The van der Waals surface area contributed by atoms with Gasteiger partial charge in [0.1, 0.15) is 0 Å². The molecule has 13 heavy (non-hydrogen) atoms. The third-order valence-electron chi connectivity index (χ3n) is 2.99. The number of rotatable bonds is 0. The van der Waals surface area contributed by atoms with Crippen LogP contribution in [0.15, 0.2) is 0 Å². The summed E-state index contributed by atoms with van der Waals surface area (Å²) in [7, 11) is 0. The molecule has 76 valence electrons. The highest BCUT2D eigenvalue weighted by Gasteiger charge is 2.35. The Kier molecular flexibility index (Phi) is 3.49. The minimum Gasteiger partial charge on any atom is -0.326 e. The fraction of sp³-hybridized carbons (Fsp3) is 1.00. The predicted octanol–water partition coefficient (Wildman–Crippen LogP) is 2.84. The molecule has 0 aromatic carbocycles. The average Bonchev–Trinajstić information content (AvgIpc) is 2.37. The Hall–Kier alpha value is 0.660. The zero-order valence-corrected chi connectivity index (χ0v) is 9.76. The number of hydrogen-bond acceptors (Lipinski definition) is 3. The van der Waals surface area contributed by atoms with E-state index in [1.54, 1.807) is 0 Å². The normalized spacial score (nSPS) is 30.2. The van der Waals surface area contributed by atoms with Crippen LogP contribution in [-0.4, -0.2) is 21.6 Å². The Morgan fingerprint density at radius 2 is 1.46 bits per heavy atom. The Labute approximate surface area is 89.6 Å². The van der Waals surface area contributed by atoms with Gasteiger partial charge in [0.25, 0.3) is 0 Å². The van der Waals surface area contributed by atoms with Gasteiger partial charge >= 0.3 is 0 Å². The van der Waals surface area contributed by atoms with Crippen LogP contribution in [0.3, 0.4) is 0 Å². The van der Waals surface area contributed by atoms with Crippen LogP contribution in [0.4, 0.5) is 0 Å². The van der Waals surface area contributed by atoms with Crippen molar-refractivity contribution < 1.29 is 0 Å². The lowest BCUT2D eigenvalue weighted by Crippen LogP contribution is -2.36. The van der Waals surface area contributed by atoms with Crippen molar-refractivity contribution in [1.82, 2.24) is 0 Å². The van der Waals surface area contributed by atoms with Crippen LogP contribution < -0.4 is 5.73 Å². The minimum absolute atomic E-state index is 0.448. The molecule has 1 aliphatic carbocycles. The molecule has 0 unspecified atom stereocenters. The monoisotopic (exact) mass is 217 g/mol. The van der Waals surface area contributed by atoms with Gasteiger partial charge in [0.05, 0.1) is 4.08 Å². The maximum Gasteiger partial charge on any atom is 0.0612 e. The maximum atomic E-state index is 5.92. The van der Waals surface area contributed by atoms with Crippen LogP contribution in [-0.2, 0) is 0 Å². The SMILES string of the molecule is NC1CSC2(CCCCCC2)SC1. The molecule has 1 aliphatic heterocycles. The van der Waals surface area contributed by atoms with E-state index in [0.29, 0.717) is 10.1 Å². The summed E-state index contributed by atoms with van der Waals surface area (Å²) in [6.07, 6.45) is 8.64. The first-order chi connectivity index (χ1) is 6.31. The van der Waals surface area contributed by atoms with E-state index in [1.807, 2.05) is 0 Å². The van der Waals surface area contributed by atoms with Crippen molar-refractivity contribution in [3.05, 3.63) is 0 Å². The zero-order chi connectivity index (χ0) is 9.15. The molecule has 2 N–H and O–H groups in total. The lowest BCUT2D eigenvalue weighted by atomic mass is 10.2. The molecular formula is C10H19NS2. The number of nitrogens with two attached hydrogens (primary N) is 1. The fourth-order valence-corrected chi connectivity index (χ4v) is 5.48. The van der Waals surface area contributed by atoms with Crippen molar-refractivity contribution in [3.63, 3.8) is 0 Å². The summed E-state index contributed by atoms with van der Waals surface area (Å²) in [5.41, 5.74) is 5.92. The quantitative estimate of drug-likeness (QED) is 0.676. The van der Waals surface area contributed by atoms with E-state index in [2.05, 4.69) is 23.5 Å². The molecule has 3 heteroatoms. The van der Waals surface area contributed by atoms with Gasteiger partial charge in [0.15, 0.2) is 0 Å². The lowest BCUT2D eigenvalue weighted by molar-refractivity contribution is 0.662. The third-order valence-corrected chi connectivity index (χ3v) is 6.75. The zero-order valence-electron chi connectivity index (χ0n) is 8.13. The van der Waals surface area contributed by atoms with Gasteiger partial charge in [-0.3, -0.25) is 0 Å². The van der Waals surface area contributed by atoms with Crippen molar-refractivity contribution in [2.24, 2.45) is 5.73 Å². The Bertz CT molecular complexity index is 154. The van der Waals surface area contributed by atoms with Crippen molar-refractivity contribution in [2.75, 3.05) is 11.5 Å². The number of hydrogen-bond donors (Lipinski definition) is 1. The minimum atomic E-state index is 0.448. The van der Waals surface area contributed by atoms with Crippen LogP contribution in [0.5, 0.6) is 0 Å². The van der Waals surface area contributed by atoms with Gasteiger partial charge in [-0.25, -0.2) is 0 Å². The Balaban J connectivity index is 1.93. The summed E-state index contributed by atoms with van der Waals surface area (Å²) in [5.74, 6) is 2.38. The first kappa shape index (κ1) is 10.2. The van der Waals surface area contributed by atoms with Gasteiger partial charge in [-0.05, 0) is 12.8 Å². The molecule has 2 rings (SSSR count). The second-order valence-corrected chi connectivity index (χ2v) is 7.27. The van der Waals surface area contributed by atoms with E-state index in [-0.39, 0.29) is 0 Å². The molecule has 1 saturated carbocycles. The molecule has 0 atom stereocenters. The smallest absolute Gasteiger partial charge is 0.0612 e. The van der Waals surface area contributed by atoms with E-state index >= 15 is 0 Å². The van der Waals surface area contributed by atoms with Crippen LogP contribution in [0.25, 0.3) is 0 Å². The predicted molar refractivity (Wildman–Crippen MR) is 63.3 cm³/mol. The largest absolute Gasteiger partial charge is 0.326 e. The Morgan fingerprint density at radius 1 is 0.923 bits per heavy atom. The highest BCUT2D eigenvalue weighted by Crippen LogP contribution is 2.50. The van der Waals surface area contributed by atoms with E-state index in [0.717, 1.165) is 0 Å². The molecule has 0 radical (unpaired) electrons. The topological polar surface area (TPSA) is 26.0 Å². The summed E-state index contributed by atoms with van der Waals surface area (Å²) >= 11 is 4.29. The summed E-state index contributed by atoms with van der Waals surface area (Å²) in [6, 6.07) is 0.448. The van der Waals surface area contributed by atoms with Gasteiger partial charge in [-0.2, -0.15) is 0 Å². The highest BCUT2D eigenvalue weighted by molar-refractivity contribution is 8.18. The van der Waals surface area contributed by atoms with Gasteiger partial charge < -0.3 is 5.73 Å². The first-order valence-electron chi connectivity index (χ1n) is 5.34. The Morgan fingerprint density at radius 3 is 2.00 bits per heavy atom. The standard InChI is InChI=1S/C10H19NS2/c11-9-7-12-10(13-8-9)5-3-1-2-4-6-10/h9H,1-8,11H2. The summed E-state index contributed by atoms with van der Waals surface area (Å²) in [4.78, 5) is 0. The molecule has 1 spiro atoms. The van der Waals surface area contributed by atoms with Crippen molar-refractivity contribution in [2.45, 2.75) is 48.6 Å². The molecule has 0 amide bonds. The van der Waals surface area contributed by atoms with Crippen LogP contribution in [0.1, 0.15) is 38.5 Å². The van der Waals surface area contributed by atoms with Crippen LogP contribution in [0.2, 0.25) is 0 Å². The van der Waals surface area contributed by atoms with E-state index < -0.39 is 0 Å². The maximum absolute atomic E-state index is 5.92. The average molecular weight is 217 g/mol. The second kappa shape index (κ2) is 4.45. The third kappa shape index (κ3) is 2.57. The van der Waals surface area contributed by atoms with Gasteiger partial charge in [-0.1, -0.05) is 25.7 Å². The first-order valence-corrected chi connectivity index (χ1v) is 7.31. The fourth-order valence-electron chi connectivity index (χ4n) is 2.16. The van der Waals surface area contributed by atoms with E-state index in [4.69, 9.17) is 5.73 Å². The van der Waals surface area contributed by atoms with Gasteiger partial charge in [0.2, 0.25) is 0 Å². The van der Waals surface area contributed by atoms with Crippen LogP contribution in [0, 0.1) is 0 Å². The van der Waals surface area contributed by atoms with Crippen molar-refractivity contribution in [3.8, 4) is 0 Å². The van der Waals surface area contributed by atoms with Crippen molar-refractivity contribution in [1.29, 1.82) is 0 Å². The van der Waals surface area contributed by atoms with E-state index in [9.17, 15) is 0 Å². The molecular weight excluding hydrogens is 198 g/mol. The molecule has 1 heterocycles. The number of thioether (sulfide) groups is 2. The molecule has 2 aliphatic rings. The van der Waals surface area contributed by atoms with Gasteiger partial charge in [0, 0.05) is 17.5 Å². The summed E-state index contributed by atoms with van der Waals surface area (Å²) in [6.45, 7) is 0. The lowest BCUT2D eigenvalue weighted by Gasteiger charge is -2.37. The second-order valence-electron chi connectivity index (χ2n) is 4.21. The summed E-state index contributed by atoms with van der Waals surface area (Å²) in [5, 5.41) is 0. The molecule has 1 nitrogen and oxygen atoms in total.